The first-order valence-corrected chi connectivity index (χ1v) is 12.6. The molecule has 1 fully saturated rings. The number of amides is 2. The minimum Gasteiger partial charge on any atom is -0.543 e. The van der Waals surface area contributed by atoms with E-state index in [1.165, 1.54) is 16.7 Å². The highest BCUT2D eigenvalue weighted by Crippen LogP contribution is 2.40. The maximum absolute atomic E-state index is 13.0. The molecule has 5 rings (SSSR count). The second-order valence-corrected chi connectivity index (χ2v) is 9.70. The number of nitrogens with zero attached hydrogens (tertiary/aromatic N) is 6. The van der Waals surface area contributed by atoms with Gasteiger partial charge >= 0.3 is 0 Å². The average molecular weight is 529 g/mol. The van der Waals surface area contributed by atoms with E-state index in [-0.39, 0.29) is 35.5 Å². The molecule has 36 heavy (non-hydrogen) atoms. The number of hydrogen-bond donors (Lipinski definition) is 2. The van der Waals surface area contributed by atoms with Gasteiger partial charge in [0.2, 0.25) is 11.5 Å². The third-order valence-corrected chi connectivity index (χ3v) is 7.49. The van der Waals surface area contributed by atoms with Gasteiger partial charge in [0, 0.05) is 28.9 Å². The Morgan fingerprint density at radius 3 is 2.94 bits per heavy atom. The van der Waals surface area contributed by atoms with Gasteiger partial charge in [-0.1, -0.05) is 11.2 Å². The summed E-state index contributed by atoms with van der Waals surface area (Å²) in [5.41, 5.74) is 6.62. The highest BCUT2D eigenvalue weighted by molar-refractivity contribution is 8.00. The Labute approximate surface area is 212 Å². The lowest BCUT2D eigenvalue weighted by Gasteiger charge is -2.50. The summed E-state index contributed by atoms with van der Waals surface area (Å²) in [4.78, 5) is 48.2. The number of aliphatic carboxylic acids is 1. The Morgan fingerprint density at radius 1 is 1.39 bits per heavy atom. The van der Waals surface area contributed by atoms with Crippen LogP contribution in [0.25, 0.3) is 5.65 Å². The van der Waals surface area contributed by atoms with Gasteiger partial charge in [-0.2, -0.15) is 9.36 Å². The largest absolute Gasteiger partial charge is 0.543 e. The number of aromatic nitrogens is 4. The molecule has 1 saturated heterocycles. The van der Waals surface area contributed by atoms with Crippen LogP contribution in [0.3, 0.4) is 0 Å². The van der Waals surface area contributed by atoms with Crippen LogP contribution < -0.4 is 20.7 Å². The molecule has 2 aliphatic rings. The number of nitrogens with one attached hydrogen (secondary N) is 1. The number of carbonyl (C=O) groups excluding carboxylic acids is 3. The van der Waals surface area contributed by atoms with Gasteiger partial charge in [0.25, 0.3) is 17.5 Å². The Balaban J connectivity index is 1.37. The summed E-state index contributed by atoms with van der Waals surface area (Å²) in [5, 5.41) is 18.0. The average Bonchev–Trinajstić information content (AvgIpc) is 3.48. The number of fused-ring (bicyclic) bond motifs is 2. The third kappa shape index (κ3) is 4.15. The fourth-order valence-electron chi connectivity index (χ4n) is 4.03. The van der Waals surface area contributed by atoms with Crippen molar-refractivity contribution >= 4 is 57.6 Å². The van der Waals surface area contributed by atoms with E-state index in [9.17, 15) is 19.5 Å². The van der Waals surface area contributed by atoms with Crippen LogP contribution in [0.2, 0.25) is 0 Å². The van der Waals surface area contributed by atoms with Gasteiger partial charge in [-0.3, -0.25) is 14.5 Å². The first-order valence-electron chi connectivity index (χ1n) is 10.8. The summed E-state index contributed by atoms with van der Waals surface area (Å²) in [6.07, 6.45) is 5.59. The van der Waals surface area contributed by atoms with Gasteiger partial charge in [-0.05, 0) is 13.0 Å². The Hall–Kier alpha value is -3.98. The standard InChI is InChI=1S/C21H20N8O5S2/c1-2-34-25-13(16-24-21(22)36-26-16)17(30)23-14-18(31)29-15(20(32)33)11(10-35-19(14)29)9-28-8-7-27-6-4-3-5-12(27)28/h3-8,14,19H,2,9-10H2,1H3,(H3-,22,23,24,26,30,32,33)/b25-13-/t14-,19-/m1/s1. The van der Waals surface area contributed by atoms with Crippen molar-refractivity contribution in [1.82, 2.24) is 24.0 Å². The number of thioether (sulfide) groups is 1. The molecule has 186 valence electrons. The third-order valence-electron chi connectivity index (χ3n) is 5.61. The number of nitrogens with two attached hydrogens (primary N) is 1. The van der Waals surface area contributed by atoms with Crippen LogP contribution >= 0.6 is 23.3 Å². The lowest BCUT2D eigenvalue weighted by molar-refractivity contribution is -0.662. The van der Waals surface area contributed by atoms with Gasteiger partial charge in [-0.15, -0.1) is 11.8 Å². The fraction of sp³-hybridized carbons (Fsp3) is 0.286. The van der Waals surface area contributed by atoms with E-state index < -0.39 is 29.2 Å². The van der Waals surface area contributed by atoms with Gasteiger partial charge in [0.05, 0.1) is 17.9 Å². The van der Waals surface area contributed by atoms with E-state index in [0.29, 0.717) is 11.3 Å². The first kappa shape index (κ1) is 23.7. The number of carboxylic acid groups (broad SMARTS) is 1. The topological polar surface area (TPSA) is 171 Å². The molecular weight excluding hydrogens is 508 g/mol. The van der Waals surface area contributed by atoms with Crippen molar-refractivity contribution in [2.75, 3.05) is 18.1 Å². The molecule has 2 aliphatic heterocycles. The second-order valence-electron chi connectivity index (χ2n) is 7.81. The molecule has 3 aromatic heterocycles. The molecule has 15 heteroatoms. The van der Waals surface area contributed by atoms with Crippen molar-refractivity contribution in [3.63, 3.8) is 0 Å². The molecule has 0 aliphatic carbocycles. The minimum atomic E-state index is -1.45. The predicted octanol–water partition coefficient (Wildman–Crippen LogP) is -1.49. The predicted molar refractivity (Wildman–Crippen MR) is 127 cm³/mol. The van der Waals surface area contributed by atoms with E-state index in [1.807, 2.05) is 45.8 Å². The highest BCUT2D eigenvalue weighted by Gasteiger charge is 2.53. The van der Waals surface area contributed by atoms with Gasteiger partial charge < -0.3 is 25.8 Å². The fourth-order valence-corrected chi connectivity index (χ4v) is 5.80. The molecule has 0 saturated carbocycles. The maximum atomic E-state index is 13.0. The number of carbonyl (C=O) groups is 3. The second kappa shape index (κ2) is 9.58. The van der Waals surface area contributed by atoms with Crippen LogP contribution in [-0.2, 0) is 25.8 Å². The normalized spacial score (nSPS) is 19.8. The molecule has 0 spiro atoms. The zero-order valence-corrected chi connectivity index (χ0v) is 20.5. The lowest BCUT2D eigenvalue weighted by Crippen LogP contribution is -2.71. The van der Waals surface area contributed by atoms with E-state index in [4.69, 9.17) is 10.6 Å². The number of nitrogen functional groups attached to an aromatic ring is 1. The highest BCUT2D eigenvalue weighted by atomic mass is 32.2. The van der Waals surface area contributed by atoms with Crippen LogP contribution in [0.1, 0.15) is 12.7 Å². The van der Waals surface area contributed by atoms with E-state index in [1.54, 1.807) is 6.92 Å². The Kier molecular flexibility index (Phi) is 6.32. The van der Waals surface area contributed by atoms with Crippen molar-refractivity contribution in [2.45, 2.75) is 24.9 Å². The molecule has 0 radical (unpaired) electrons. The molecule has 3 N–H and O–H groups in total. The van der Waals surface area contributed by atoms with E-state index in [2.05, 4.69) is 19.8 Å². The molecular formula is C21H20N8O5S2. The summed E-state index contributed by atoms with van der Waals surface area (Å²) in [6, 6.07) is 4.71. The van der Waals surface area contributed by atoms with Crippen LogP contribution in [0.15, 0.2) is 53.2 Å². The molecule has 0 bridgehead atoms. The molecule has 0 aromatic carbocycles. The number of β-lactam (4-membered cyclic amide) rings is 1. The molecule has 2 atom stereocenters. The smallest absolute Gasteiger partial charge is 0.286 e. The zero-order valence-electron chi connectivity index (χ0n) is 18.9. The number of anilines is 1. The summed E-state index contributed by atoms with van der Waals surface area (Å²) >= 11 is 2.24. The van der Waals surface area contributed by atoms with Gasteiger partial charge in [0.1, 0.15) is 37.0 Å². The van der Waals surface area contributed by atoms with Crippen LogP contribution in [-0.4, -0.2) is 65.9 Å². The quantitative estimate of drug-likeness (QED) is 0.153. The van der Waals surface area contributed by atoms with Crippen LogP contribution in [0.4, 0.5) is 5.13 Å². The summed E-state index contributed by atoms with van der Waals surface area (Å²) < 4.78 is 7.78. The van der Waals surface area contributed by atoms with Crippen molar-refractivity contribution in [3.8, 4) is 0 Å². The summed E-state index contributed by atoms with van der Waals surface area (Å²) in [5.74, 6) is -2.44. The minimum absolute atomic E-state index is 0.0298. The van der Waals surface area contributed by atoms with Crippen molar-refractivity contribution in [3.05, 3.63) is 53.9 Å². The first-order chi connectivity index (χ1) is 17.4. The Bertz CT molecular complexity index is 1430. The molecule has 5 heterocycles. The lowest BCUT2D eigenvalue weighted by atomic mass is 10.0. The van der Waals surface area contributed by atoms with Crippen LogP contribution in [0.5, 0.6) is 0 Å². The van der Waals surface area contributed by atoms with E-state index >= 15 is 0 Å². The molecule has 2 amide bonds. The summed E-state index contributed by atoms with van der Waals surface area (Å²) in [6.45, 7) is 2.16. The zero-order chi connectivity index (χ0) is 25.4. The maximum Gasteiger partial charge on any atom is 0.286 e. The van der Waals surface area contributed by atoms with Crippen molar-refractivity contribution < 1.29 is 28.9 Å². The SMILES string of the molecule is CCO/N=C(\C(=O)N[C@@H]1C(=O)N2C(C(=O)[O-])=C(C[n+]3ccn4ccccc43)CS[C@H]12)c1nsc(N)n1. The molecule has 3 aromatic rings. The molecule has 13 nitrogen and oxygen atoms in total. The number of imidazole rings is 1. The molecule has 0 unspecified atom stereocenters. The number of pyridine rings is 1. The van der Waals surface area contributed by atoms with Crippen molar-refractivity contribution in [2.24, 2.45) is 5.16 Å². The van der Waals surface area contributed by atoms with Gasteiger partial charge in [0.15, 0.2) is 5.13 Å². The number of carboxylic acids is 1. The van der Waals surface area contributed by atoms with Crippen LogP contribution in [0, 0.1) is 0 Å². The number of rotatable bonds is 8. The van der Waals surface area contributed by atoms with Crippen molar-refractivity contribution in [1.29, 1.82) is 0 Å². The van der Waals surface area contributed by atoms with E-state index in [0.717, 1.165) is 17.2 Å². The Morgan fingerprint density at radius 2 is 2.22 bits per heavy atom. The summed E-state index contributed by atoms with van der Waals surface area (Å²) in [7, 11) is 0. The number of hydrogen-bond acceptors (Lipinski definition) is 11. The monoisotopic (exact) mass is 528 g/mol. The van der Waals surface area contributed by atoms with Gasteiger partial charge in [-0.25, -0.2) is 8.97 Å². The number of oxime groups is 1.